The van der Waals surface area contributed by atoms with Crippen LogP contribution in [0.2, 0.25) is 0 Å². The zero-order valence-electron chi connectivity index (χ0n) is 19.2. The fraction of sp³-hybridized carbons (Fsp3) is 0.615. The Bertz CT molecular complexity index is 670. The second kappa shape index (κ2) is 14.8. The first-order chi connectivity index (χ1) is 14.7. The van der Waals surface area contributed by atoms with Gasteiger partial charge in [0.2, 0.25) is 5.88 Å². The molecule has 2 rings (SSSR count). The Hall–Kier alpha value is -2.10. The van der Waals surface area contributed by atoms with Crippen molar-refractivity contribution in [3.05, 3.63) is 36.4 Å². The summed E-state index contributed by atoms with van der Waals surface area (Å²) < 4.78 is 11.6. The quantitative estimate of drug-likeness (QED) is 0.268. The second-order valence-corrected chi connectivity index (χ2v) is 8.28. The van der Waals surface area contributed by atoms with Gasteiger partial charge in [-0.1, -0.05) is 78.6 Å². The van der Waals surface area contributed by atoms with E-state index in [4.69, 9.17) is 9.47 Å². The minimum Gasteiger partial charge on any atom is -0.493 e. The van der Waals surface area contributed by atoms with E-state index in [2.05, 4.69) is 31.0 Å². The highest BCUT2D eigenvalue weighted by atomic mass is 16.5. The molecule has 0 aliphatic carbocycles. The normalized spacial score (nSPS) is 12.0. The van der Waals surface area contributed by atoms with E-state index in [0.717, 1.165) is 36.5 Å². The first-order valence-electron chi connectivity index (χ1n) is 11.9. The molecule has 0 amide bonds. The molecule has 0 aliphatic heterocycles. The lowest BCUT2D eigenvalue weighted by molar-refractivity contribution is 0.256. The SMILES string of the molecule is CCCCCCCCCCCOc1ccc(-c2ccc(OCC(C)CC)cc2)nn1. The van der Waals surface area contributed by atoms with Crippen molar-refractivity contribution in [3.8, 4) is 22.9 Å². The number of benzene rings is 1. The number of unbranched alkanes of at least 4 members (excludes halogenated alkanes) is 8. The molecule has 2 aromatic rings. The third kappa shape index (κ3) is 9.60. The molecule has 1 aromatic carbocycles. The molecule has 0 radical (unpaired) electrons. The Balaban J connectivity index is 1.64. The Morgan fingerprint density at radius 3 is 2.00 bits per heavy atom. The van der Waals surface area contributed by atoms with Gasteiger partial charge in [0, 0.05) is 11.6 Å². The summed E-state index contributed by atoms with van der Waals surface area (Å²) in [7, 11) is 0. The number of ether oxygens (including phenoxy) is 2. The highest BCUT2D eigenvalue weighted by Crippen LogP contribution is 2.22. The van der Waals surface area contributed by atoms with Crippen LogP contribution >= 0.6 is 0 Å². The van der Waals surface area contributed by atoms with Crippen molar-refractivity contribution in [2.45, 2.75) is 85.0 Å². The van der Waals surface area contributed by atoms with E-state index in [9.17, 15) is 0 Å². The topological polar surface area (TPSA) is 44.2 Å². The van der Waals surface area contributed by atoms with Crippen molar-refractivity contribution in [2.75, 3.05) is 13.2 Å². The molecule has 0 aliphatic rings. The fourth-order valence-electron chi connectivity index (χ4n) is 3.22. The molecule has 0 saturated carbocycles. The highest BCUT2D eigenvalue weighted by Gasteiger charge is 2.04. The number of aromatic nitrogens is 2. The summed E-state index contributed by atoms with van der Waals surface area (Å²) in [5.74, 6) is 2.07. The van der Waals surface area contributed by atoms with Crippen molar-refractivity contribution in [1.82, 2.24) is 10.2 Å². The molecule has 0 spiro atoms. The van der Waals surface area contributed by atoms with Crippen LogP contribution in [0.1, 0.15) is 85.0 Å². The number of nitrogens with zero attached hydrogens (tertiary/aromatic N) is 2. The molecule has 4 nitrogen and oxygen atoms in total. The average molecular weight is 413 g/mol. The van der Waals surface area contributed by atoms with Crippen LogP contribution in [-0.4, -0.2) is 23.4 Å². The van der Waals surface area contributed by atoms with Gasteiger partial charge in [0.1, 0.15) is 5.75 Å². The minimum atomic E-state index is 0.568. The third-order valence-electron chi connectivity index (χ3n) is 5.52. The lowest BCUT2D eigenvalue weighted by atomic mass is 10.1. The summed E-state index contributed by atoms with van der Waals surface area (Å²) in [5, 5.41) is 8.53. The predicted octanol–water partition coefficient (Wildman–Crippen LogP) is 7.48. The van der Waals surface area contributed by atoms with Crippen LogP contribution in [0.15, 0.2) is 36.4 Å². The lowest BCUT2D eigenvalue weighted by Crippen LogP contribution is -2.07. The maximum absolute atomic E-state index is 5.81. The molecule has 0 saturated heterocycles. The summed E-state index contributed by atoms with van der Waals surface area (Å²) in [6.45, 7) is 8.11. The second-order valence-electron chi connectivity index (χ2n) is 8.28. The predicted molar refractivity (Wildman–Crippen MR) is 125 cm³/mol. The molecule has 0 fully saturated rings. The smallest absolute Gasteiger partial charge is 0.233 e. The van der Waals surface area contributed by atoms with Crippen LogP contribution in [-0.2, 0) is 0 Å². The van der Waals surface area contributed by atoms with Crippen LogP contribution in [0.25, 0.3) is 11.3 Å². The van der Waals surface area contributed by atoms with Gasteiger partial charge >= 0.3 is 0 Å². The molecule has 1 unspecified atom stereocenters. The van der Waals surface area contributed by atoms with E-state index < -0.39 is 0 Å². The van der Waals surface area contributed by atoms with Gasteiger partial charge in [-0.2, -0.15) is 0 Å². The molecular weight excluding hydrogens is 372 g/mol. The number of hydrogen-bond acceptors (Lipinski definition) is 4. The van der Waals surface area contributed by atoms with Crippen molar-refractivity contribution >= 4 is 0 Å². The van der Waals surface area contributed by atoms with Gasteiger partial charge in [0.25, 0.3) is 0 Å². The molecule has 0 bridgehead atoms. The van der Waals surface area contributed by atoms with Gasteiger partial charge in [-0.3, -0.25) is 0 Å². The summed E-state index contributed by atoms with van der Waals surface area (Å²) in [5.41, 5.74) is 1.88. The standard InChI is InChI=1S/C26H40N2O2/c1-4-6-7-8-9-10-11-12-13-20-29-26-19-18-25(27-28-26)23-14-16-24(17-15-23)30-21-22(3)5-2/h14-19,22H,4-13,20-21H2,1-3H3. The van der Waals surface area contributed by atoms with Crippen LogP contribution in [0.3, 0.4) is 0 Å². The summed E-state index contributed by atoms with van der Waals surface area (Å²) in [6.07, 6.45) is 12.9. The van der Waals surface area contributed by atoms with E-state index in [1.807, 2.05) is 36.4 Å². The molecule has 0 N–H and O–H groups in total. The van der Waals surface area contributed by atoms with E-state index in [-0.39, 0.29) is 0 Å². The molecule has 1 aromatic heterocycles. The van der Waals surface area contributed by atoms with Crippen molar-refractivity contribution in [3.63, 3.8) is 0 Å². The largest absolute Gasteiger partial charge is 0.493 e. The lowest BCUT2D eigenvalue weighted by Gasteiger charge is -2.11. The zero-order valence-corrected chi connectivity index (χ0v) is 19.2. The van der Waals surface area contributed by atoms with Gasteiger partial charge in [-0.15, -0.1) is 10.2 Å². The molecule has 1 heterocycles. The summed E-state index contributed by atoms with van der Waals surface area (Å²) in [4.78, 5) is 0. The first kappa shape index (κ1) is 24.2. The van der Waals surface area contributed by atoms with Gasteiger partial charge in [0.15, 0.2) is 0 Å². The Kier molecular flexibility index (Phi) is 11.9. The van der Waals surface area contributed by atoms with E-state index in [1.54, 1.807) is 0 Å². The fourth-order valence-corrected chi connectivity index (χ4v) is 3.22. The highest BCUT2D eigenvalue weighted by molar-refractivity contribution is 5.59. The Morgan fingerprint density at radius 2 is 1.40 bits per heavy atom. The molecule has 30 heavy (non-hydrogen) atoms. The number of rotatable bonds is 16. The van der Waals surface area contributed by atoms with Crippen LogP contribution < -0.4 is 9.47 Å². The zero-order chi connectivity index (χ0) is 21.4. The third-order valence-corrected chi connectivity index (χ3v) is 5.52. The van der Waals surface area contributed by atoms with Crippen molar-refractivity contribution in [1.29, 1.82) is 0 Å². The maximum atomic E-state index is 5.81. The molecule has 1 atom stereocenters. The molecule has 4 heteroatoms. The van der Waals surface area contributed by atoms with Gasteiger partial charge in [-0.05, 0) is 42.7 Å². The van der Waals surface area contributed by atoms with Gasteiger partial charge in [0.05, 0.1) is 18.9 Å². The van der Waals surface area contributed by atoms with Crippen LogP contribution in [0, 0.1) is 5.92 Å². The van der Waals surface area contributed by atoms with Crippen LogP contribution in [0.5, 0.6) is 11.6 Å². The summed E-state index contributed by atoms with van der Waals surface area (Å²) in [6, 6.07) is 11.9. The van der Waals surface area contributed by atoms with Gasteiger partial charge < -0.3 is 9.47 Å². The van der Waals surface area contributed by atoms with Crippen molar-refractivity contribution < 1.29 is 9.47 Å². The van der Waals surface area contributed by atoms with E-state index >= 15 is 0 Å². The van der Waals surface area contributed by atoms with E-state index in [0.29, 0.717) is 18.4 Å². The monoisotopic (exact) mass is 412 g/mol. The Morgan fingerprint density at radius 1 is 0.733 bits per heavy atom. The average Bonchev–Trinajstić information content (AvgIpc) is 2.79. The van der Waals surface area contributed by atoms with Crippen molar-refractivity contribution in [2.24, 2.45) is 5.92 Å². The summed E-state index contributed by atoms with van der Waals surface area (Å²) >= 11 is 0. The maximum Gasteiger partial charge on any atom is 0.233 e. The van der Waals surface area contributed by atoms with E-state index in [1.165, 1.54) is 51.4 Å². The van der Waals surface area contributed by atoms with Crippen LogP contribution in [0.4, 0.5) is 0 Å². The number of hydrogen-bond donors (Lipinski definition) is 0. The first-order valence-corrected chi connectivity index (χ1v) is 11.9. The minimum absolute atomic E-state index is 0.568. The molecule has 166 valence electrons. The van der Waals surface area contributed by atoms with Gasteiger partial charge in [-0.25, -0.2) is 0 Å². The molecular formula is C26H40N2O2. The Labute approximate surface area is 183 Å².